The van der Waals surface area contributed by atoms with Crippen LogP contribution in [0.1, 0.15) is 24.8 Å². The molecule has 1 saturated heterocycles. The lowest BCUT2D eigenvalue weighted by molar-refractivity contribution is 0.110. The van der Waals surface area contributed by atoms with Crippen LogP contribution in [-0.2, 0) is 0 Å². The number of piperidine rings is 1. The van der Waals surface area contributed by atoms with Crippen molar-refractivity contribution in [2.45, 2.75) is 24.9 Å². The fourth-order valence-electron chi connectivity index (χ4n) is 2.15. The van der Waals surface area contributed by atoms with Gasteiger partial charge in [-0.15, -0.1) is 0 Å². The van der Waals surface area contributed by atoms with E-state index in [1.54, 1.807) is 6.92 Å². The molecule has 0 bridgehead atoms. The van der Waals surface area contributed by atoms with Crippen LogP contribution < -0.4 is 5.32 Å². The molecule has 15 heavy (non-hydrogen) atoms. The topological polar surface area (TPSA) is 12.0 Å². The standard InChI is InChI=1S/C12H15ClFN/c1-12(14)5-6-15-8-11(12)9-3-2-4-10(13)7-9/h2-4,7,11,15H,5-6,8H2,1H3. The first-order valence-electron chi connectivity index (χ1n) is 5.25. The van der Waals surface area contributed by atoms with Crippen LogP contribution >= 0.6 is 11.6 Å². The third-order valence-electron chi connectivity index (χ3n) is 3.12. The molecule has 1 fully saturated rings. The summed E-state index contributed by atoms with van der Waals surface area (Å²) in [7, 11) is 0. The molecule has 0 spiro atoms. The van der Waals surface area contributed by atoms with Crippen LogP contribution in [0.4, 0.5) is 4.39 Å². The Bertz CT molecular complexity index is 351. The molecule has 0 saturated carbocycles. The van der Waals surface area contributed by atoms with E-state index in [1.807, 2.05) is 24.3 Å². The highest BCUT2D eigenvalue weighted by atomic mass is 35.5. The Labute approximate surface area is 94.6 Å². The van der Waals surface area contributed by atoms with Gasteiger partial charge in [0.05, 0.1) is 0 Å². The van der Waals surface area contributed by atoms with E-state index in [-0.39, 0.29) is 5.92 Å². The molecule has 2 unspecified atom stereocenters. The maximum absolute atomic E-state index is 14.3. The van der Waals surface area contributed by atoms with Crippen molar-refractivity contribution in [1.82, 2.24) is 5.32 Å². The van der Waals surface area contributed by atoms with Crippen molar-refractivity contribution in [3.8, 4) is 0 Å². The Morgan fingerprint density at radius 3 is 3.00 bits per heavy atom. The van der Waals surface area contributed by atoms with Gasteiger partial charge in [0.25, 0.3) is 0 Å². The molecule has 1 aliphatic heterocycles. The highest BCUT2D eigenvalue weighted by Crippen LogP contribution is 2.36. The Morgan fingerprint density at radius 1 is 1.53 bits per heavy atom. The van der Waals surface area contributed by atoms with Crippen molar-refractivity contribution in [3.63, 3.8) is 0 Å². The van der Waals surface area contributed by atoms with Gasteiger partial charge in [-0.1, -0.05) is 23.7 Å². The summed E-state index contributed by atoms with van der Waals surface area (Å²) in [6, 6.07) is 7.50. The third-order valence-corrected chi connectivity index (χ3v) is 3.35. The minimum absolute atomic E-state index is 0.0926. The summed E-state index contributed by atoms with van der Waals surface area (Å²) in [5.41, 5.74) is -0.143. The van der Waals surface area contributed by atoms with Crippen LogP contribution in [0.2, 0.25) is 5.02 Å². The molecule has 82 valence electrons. The highest BCUT2D eigenvalue weighted by molar-refractivity contribution is 6.30. The van der Waals surface area contributed by atoms with Gasteiger partial charge in [0, 0.05) is 17.5 Å². The molecule has 1 heterocycles. The summed E-state index contributed by atoms with van der Waals surface area (Å²) >= 11 is 5.91. The Balaban J connectivity index is 2.29. The minimum atomic E-state index is -1.13. The summed E-state index contributed by atoms with van der Waals surface area (Å²) in [6.07, 6.45) is 0.560. The monoisotopic (exact) mass is 227 g/mol. The van der Waals surface area contributed by atoms with Gasteiger partial charge in [-0.05, 0) is 37.6 Å². The molecular formula is C12H15ClFN. The molecule has 0 aromatic heterocycles. The Hall–Kier alpha value is -0.600. The number of rotatable bonds is 1. The molecule has 0 radical (unpaired) electrons. The molecule has 1 aromatic carbocycles. The van der Waals surface area contributed by atoms with E-state index in [9.17, 15) is 4.39 Å². The van der Waals surface area contributed by atoms with E-state index < -0.39 is 5.67 Å². The zero-order valence-electron chi connectivity index (χ0n) is 8.76. The van der Waals surface area contributed by atoms with Crippen LogP contribution in [0.5, 0.6) is 0 Å². The van der Waals surface area contributed by atoms with Crippen molar-refractivity contribution >= 4 is 11.6 Å². The molecule has 0 amide bonds. The van der Waals surface area contributed by atoms with E-state index in [4.69, 9.17) is 11.6 Å². The van der Waals surface area contributed by atoms with E-state index >= 15 is 0 Å². The van der Waals surface area contributed by atoms with Gasteiger partial charge in [0.2, 0.25) is 0 Å². The quantitative estimate of drug-likeness (QED) is 0.777. The number of benzene rings is 1. The highest BCUT2D eigenvalue weighted by Gasteiger charge is 2.37. The largest absolute Gasteiger partial charge is 0.316 e. The molecule has 1 aliphatic rings. The molecular weight excluding hydrogens is 213 g/mol. The van der Waals surface area contributed by atoms with Crippen LogP contribution in [-0.4, -0.2) is 18.8 Å². The Morgan fingerprint density at radius 2 is 2.33 bits per heavy atom. The summed E-state index contributed by atoms with van der Waals surface area (Å²) in [5.74, 6) is -0.0926. The fraction of sp³-hybridized carbons (Fsp3) is 0.500. The van der Waals surface area contributed by atoms with Crippen LogP contribution in [0.15, 0.2) is 24.3 Å². The van der Waals surface area contributed by atoms with Crippen molar-refractivity contribution in [2.24, 2.45) is 0 Å². The third kappa shape index (κ3) is 2.32. The van der Waals surface area contributed by atoms with Crippen molar-refractivity contribution in [3.05, 3.63) is 34.9 Å². The number of hydrogen-bond donors (Lipinski definition) is 1. The smallest absolute Gasteiger partial charge is 0.117 e. The van der Waals surface area contributed by atoms with Gasteiger partial charge in [-0.3, -0.25) is 0 Å². The molecule has 3 heteroatoms. The Kier molecular flexibility index (Phi) is 2.98. The first-order chi connectivity index (χ1) is 7.09. The molecule has 0 aliphatic carbocycles. The SMILES string of the molecule is CC1(F)CCNCC1c1cccc(Cl)c1. The van der Waals surface area contributed by atoms with E-state index in [0.717, 1.165) is 12.1 Å². The maximum atomic E-state index is 14.3. The summed E-state index contributed by atoms with van der Waals surface area (Å²) in [4.78, 5) is 0. The maximum Gasteiger partial charge on any atom is 0.117 e. The van der Waals surface area contributed by atoms with Crippen molar-refractivity contribution in [1.29, 1.82) is 0 Å². The van der Waals surface area contributed by atoms with Gasteiger partial charge >= 0.3 is 0 Å². The summed E-state index contributed by atoms with van der Waals surface area (Å²) in [5, 5.41) is 3.90. The van der Waals surface area contributed by atoms with E-state index in [2.05, 4.69) is 5.32 Å². The first kappa shape index (κ1) is 10.9. The van der Waals surface area contributed by atoms with Gasteiger partial charge in [0.1, 0.15) is 5.67 Å². The normalized spacial score (nSPS) is 31.5. The zero-order chi connectivity index (χ0) is 10.9. The summed E-state index contributed by atoms with van der Waals surface area (Å²) < 4.78 is 14.3. The molecule has 2 atom stereocenters. The van der Waals surface area contributed by atoms with Gasteiger partial charge in [-0.25, -0.2) is 4.39 Å². The molecule has 1 nitrogen and oxygen atoms in total. The van der Waals surface area contributed by atoms with E-state index in [0.29, 0.717) is 18.0 Å². The lowest BCUT2D eigenvalue weighted by Gasteiger charge is -2.35. The first-order valence-corrected chi connectivity index (χ1v) is 5.62. The number of hydrogen-bond acceptors (Lipinski definition) is 1. The lowest BCUT2D eigenvalue weighted by Crippen LogP contribution is -2.43. The van der Waals surface area contributed by atoms with Gasteiger partial charge in [0.15, 0.2) is 0 Å². The average molecular weight is 228 g/mol. The molecule has 1 N–H and O–H groups in total. The van der Waals surface area contributed by atoms with Gasteiger partial charge < -0.3 is 5.32 Å². The molecule has 2 rings (SSSR count). The predicted molar refractivity (Wildman–Crippen MR) is 61.2 cm³/mol. The second kappa shape index (κ2) is 4.11. The average Bonchev–Trinajstić information content (AvgIpc) is 2.17. The predicted octanol–water partition coefficient (Wildman–Crippen LogP) is 3.15. The number of alkyl halides is 1. The minimum Gasteiger partial charge on any atom is -0.316 e. The summed E-state index contributed by atoms with van der Waals surface area (Å²) in [6.45, 7) is 3.12. The van der Waals surface area contributed by atoms with E-state index in [1.165, 1.54) is 0 Å². The second-order valence-electron chi connectivity index (χ2n) is 4.34. The number of halogens is 2. The van der Waals surface area contributed by atoms with Crippen molar-refractivity contribution in [2.75, 3.05) is 13.1 Å². The zero-order valence-corrected chi connectivity index (χ0v) is 9.52. The number of nitrogens with one attached hydrogen (secondary N) is 1. The molecule has 1 aromatic rings. The second-order valence-corrected chi connectivity index (χ2v) is 4.78. The lowest BCUT2D eigenvalue weighted by atomic mass is 9.80. The van der Waals surface area contributed by atoms with Crippen LogP contribution in [0, 0.1) is 0 Å². The van der Waals surface area contributed by atoms with Crippen molar-refractivity contribution < 1.29 is 4.39 Å². The van der Waals surface area contributed by atoms with Crippen LogP contribution in [0.3, 0.4) is 0 Å². The fourth-order valence-corrected chi connectivity index (χ4v) is 2.35. The van der Waals surface area contributed by atoms with Crippen LogP contribution in [0.25, 0.3) is 0 Å². The van der Waals surface area contributed by atoms with Gasteiger partial charge in [-0.2, -0.15) is 0 Å².